The second-order valence-electron chi connectivity index (χ2n) is 8.40. The molecule has 0 atom stereocenters. The first-order valence-electron chi connectivity index (χ1n) is 10.9. The van der Waals surface area contributed by atoms with Gasteiger partial charge in [-0.3, -0.25) is 4.79 Å². The average Bonchev–Trinajstić information content (AvgIpc) is 2.83. The summed E-state index contributed by atoms with van der Waals surface area (Å²) in [7, 11) is 0. The Morgan fingerprint density at radius 1 is 1.06 bits per heavy atom. The fourth-order valence-corrected chi connectivity index (χ4v) is 3.61. The van der Waals surface area contributed by atoms with Crippen LogP contribution in [0.2, 0.25) is 0 Å². The van der Waals surface area contributed by atoms with Gasteiger partial charge in [0.05, 0.1) is 19.4 Å². The van der Waals surface area contributed by atoms with Crippen LogP contribution in [0.5, 0.6) is 5.75 Å². The topological polar surface area (TPSA) is 114 Å². The minimum Gasteiger partial charge on any atom is -0.474 e. The van der Waals surface area contributed by atoms with Crippen molar-refractivity contribution in [3.8, 4) is 5.75 Å². The standard InChI is InChI=1S/C23H24FN7O3/c1-23(2)21(32)29-20-17(34-23)7-8-18(28-20)27-19-16(24)13-25-22(30-19)26-14-3-5-15(6-4-14)31-9-11-33-12-10-31/h3-8,13H,9-12H2,1-2H3,(H3,25,26,27,28,29,30,32). The molecule has 2 aliphatic rings. The number of carbonyl (C=O) groups is 1. The van der Waals surface area contributed by atoms with E-state index in [4.69, 9.17) is 9.47 Å². The first kappa shape index (κ1) is 21.8. The number of fused-ring (bicyclic) bond motifs is 1. The molecule has 2 aliphatic heterocycles. The number of aromatic nitrogens is 3. The van der Waals surface area contributed by atoms with Gasteiger partial charge >= 0.3 is 0 Å². The SMILES string of the molecule is CC1(C)Oc2ccc(Nc3nc(Nc4ccc(N5CCOCC5)cc4)ncc3F)nc2NC1=O. The second-order valence-corrected chi connectivity index (χ2v) is 8.40. The van der Waals surface area contributed by atoms with Gasteiger partial charge in [0.15, 0.2) is 28.8 Å². The first-order valence-corrected chi connectivity index (χ1v) is 10.9. The summed E-state index contributed by atoms with van der Waals surface area (Å²) in [5, 5.41) is 8.62. The summed E-state index contributed by atoms with van der Waals surface area (Å²) < 4.78 is 25.5. The van der Waals surface area contributed by atoms with E-state index in [1.165, 1.54) is 0 Å². The molecule has 1 aromatic carbocycles. The molecule has 1 amide bonds. The van der Waals surface area contributed by atoms with Crippen LogP contribution in [0.3, 0.4) is 0 Å². The number of nitrogens with one attached hydrogen (secondary N) is 3. The number of ether oxygens (including phenoxy) is 2. The molecule has 1 fully saturated rings. The zero-order valence-electron chi connectivity index (χ0n) is 18.8. The van der Waals surface area contributed by atoms with Crippen molar-refractivity contribution in [3.63, 3.8) is 0 Å². The zero-order chi connectivity index (χ0) is 23.7. The van der Waals surface area contributed by atoms with Crippen molar-refractivity contribution in [1.82, 2.24) is 15.0 Å². The van der Waals surface area contributed by atoms with Crippen molar-refractivity contribution >= 4 is 40.7 Å². The van der Waals surface area contributed by atoms with Gasteiger partial charge in [-0.05, 0) is 50.2 Å². The minimum absolute atomic E-state index is 0.0572. The van der Waals surface area contributed by atoms with Crippen LogP contribution in [0.1, 0.15) is 13.8 Å². The van der Waals surface area contributed by atoms with Gasteiger partial charge in [-0.25, -0.2) is 14.4 Å². The van der Waals surface area contributed by atoms with E-state index in [1.54, 1.807) is 26.0 Å². The van der Waals surface area contributed by atoms with E-state index < -0.39 is 11.4 Å². The zero-order valence-corrected chi connectivity index (χ0v) is 18.8. The molecule has 0 saturated carbocycles. The summed E-state index contributed by atoms with van der Waals surface area (Å²) in [5.41, 5.74) is 0.877. The molecular formula is C23H24FN7O3. The Labute approximate surface area is 195 Å². The molecule has 0 aliphatic carbocycles. The lowest BCUT2D eigenvalue weighted by Gasteiger charge is -2.30. The van der Waals surface area contributed by atoms with Crippen molar-refractivity contribution in [2.24, 2.45) is 0 Å². The van der Waals surface area contributed by atoms with Crippen LogP contribution in [0.4, 0.5) is 39.2 Å². The van der Waals surface area contributed by atoms with Crippen molar-refractivity contribution in [2.45, 2.75) is 19.4 Å². The molecule has 5 rings (SSSR count). The van der Waals surface area contributed by atoms with Crippen molar-refractivity contribution in [2.75, 3.05) is 47.2 Å². The fourth-order valence-electron chi connectivity index (χ4n) is 3.61. The van der Waals surface area contributed by atoms with Gasteiger partial charge in [0.2, 0.25) is 5.95 Å². The van der Waals surface area contributed by atoms with Gasteiger partial charge in [0, 0.05) is 24.5 Å². The molecule has 34 heavy (non-hydrogen) atoms. The third-order valence-corrected chi connectivity index (χ3v) is 5.49. The van der Waals surface area contributed by atoms with Crippen molar-refractivity contribution in [3.05, 3.63) is 48.4 Å². The lowest BCUT2D eigenvalue weighted by atomic mass is 10.1. The number of hydrogen-bond acceptors (Lipinski definition) is 9. The highest BCUT2D eigenvalue weighted by Crippen LogP contribution is 2.33. The number of halogens is 1. The third kappa shape index (κ3) is 4.55. The number of benzene rings is 1. The molecule has 1 saturated heterocycles. The summed E-state index contributed by atoms with van der Waals surface area (Å²) in [6.07, 6.45) is 1.07. The summed E-state index contributed by atoms with van der Waals surface area (Å²) in [6.45, 7) is 6.47. The maximum Gasteiger partial charge on any atom is 0.269 e. The van der Waals surface area contributed by atoms with Crippen LogP contribution in [-0.2, 0) is 9.53 Å². The van der Waals surface area contributed by atoms with Crippen LogP contribution in [-0.4, -0.2) is 52.8 Å². The van der Waals surface area contributed by atoms with E-state index in [9.17, 15) is 9.18 Å². The van der Waals surface area contributed by atoms with Gasteiger partial charge in [-0.15, -0.1) is 0 Å². The summed E-state index contributed by atoms with van der Waals surface area (Å²) in [5.74, 6) is 0.181. The minimum atomic E-state index is -0.997. The van der Waals surface area contributed by atoms with Gasteiger partial charge in [-0.1, -0.05) is 0 Å². The Morgan fingerprint density at radius 3 is 2.59 bits per heavy atom. The normalized spacial score (nSPS) is 16.8. The highest BCUT2D eigenvalue weighted by Gasteiger charge is 2.36. The van der Waals surface area contributed by atoms with Gasteiger partial charge in [0.1, 0.15) is 5.82 Å². The Morgan fingerprint density at radius 2 is 1.82 bits per heavy atom. The van der Waals surface area contributed by atoms with E-state index in [2.05, 4.69) is 35.8 Å². The lowest BCUT2D eigenvalue weighted by molar-refractivity contribution is -0.129. The maximum absolute atomic E-state index is 14.4. The first-order chi connectivity index (χ1) is 16.4. The number of hydrogen-bond donors (Lipinski definition) is 3. The van der Waals surface area contributed by atoms with Gasteiger partial charge < -0.3 is 30.3 Å². The van der Waals surface area contributed by atoms with Crippen LogP contribution >= 0.6 is 0 Å². The molecule has 176 valence electrons. The Hall–Kier alpha value is -3.99. The number of rotatable bonds is 5. The van der Waals surface area contributed by atoms with Crippen LogP contribution in [0, 0.1) is 5.82 Å². The van der Waals surface area contributed by atoms with Crippen LogP contribution < -0.4 is 25.6 Å². The predicted molar refractivity (Wildman–Crippen MR) is 126 cm³/mol. The van der Waals surface area contributed by atoms with Gasteiger partial charge in [0.25, 0.3) is 5.91 Å². The molecule has 2 aromatic heterocycles. The largest absolute Gasteiger partial charge is 0.474 e. The Balaban J connectivity index is 1.30. The third-order valence-electron chi connectivity index (χ3n) is 5.49. The van der Waals surface area contributed by atoms with Gasteiger partial charge in [-0.2, -0.15) is 4.98 Å². The summed E-state index contributed by atoms with van der Waals surface area (Å²) >= 11 is 0. The van der Waals surface area contributed by atoms with Crippen molar-refractivity contribution < 1.29 is 18.7 Å². The maximum atomic E-state index is 14.4. The van der Waals surface area contributed by atoms with E-state index in [0.717, 1.165) is 43.9 Å². The molecule has 0 bridgehead atoms. The average molecular weight is 465 g/mol. The summed E-state index contributed by atoms with van der Waals surface area (Å²) in [4.78, 5) is 26.9. The van der Waals surface area contributed by atoms with E-state index in [0.29, 0.717) is 11.6 Å². The lowest BCUT2D eigenvalue weighted by Crippen LogP contribution is -2.46. The van der Waals surface area contributed by atoms with E-state index in [1.807, 2.05) is 24.3 Å². The quantitative estimate of drug-likeness (QED) is 0.521. The highest BCUT2D eigenvalue weighted by atomic mass is 19.1. The monoisotopic (exact) mass is 465 g/mol. The molecule has 0 spiro atoms. The molecule has 11 heteroatoms. The number of morpholine rings is 1. The predicted octanol–water partition coefficient (Wildman–Crippen LogP) is 3.44. The molecule has 3 N–H and O–H groups in total. The van der Waals surface area contributed by atoms with E-state index in [-0.39, 0.29) is 23.5 Å². The number of nitrogens with zero attached hydrogens (tertiary/aromatic N) is 4. The summed E-state index contributed by atoms with van der Waals surface area (Å²) in [6, 6.07) is 11.1. The Bertz CT molecular complexity index is 1210. The molecule has 10 nitrogen and oxygen atoms in total. The smallest absolute Gasteiger partial charge is 0.269 e. The molecule has 4 heterocycles. The van der Waals surface area contributed by atoms with Crippen LogP contribution in [0.25, 0.3) is 0 Å². The Kier molecular flexibility index (Phi) is 5.62. The number of amides is 1. The van der Waals surface area contributed by atoms with Crippen LogP contribution in [0.15, 0.2) is 42.6 Å². The second kappa shape index (κ2) is 8.75. The molecule has 0 unspecified atom stereocenters. The number of pyridine rings is 1. The number of anilines is 6. The fraction of sp³-hybridized carbons (Fsp3) is 0.304. The van der Waals surface area contributed by atoms with E-state index >= 15 is 0 Å². The highest BCUT2D eigenvalue weighted by molar-refractivity contribution is 5.99. The molecule has 3 aromatic rings. The number of carbonyl (C=O) groups excluding carboxylic acids is 1. The van der Waals surface area contributed by atoms with Crippen molar-refractivity contribution in [1.29, 1.82) is 0 Å². The molecular weight excluding hydrogens is 441 g/mol. The molecule has 0 radical (unpaired) electrons.